The first-order valence-electron chi connectivity index (χ1n) is 7.84. The lowest BCUT2D eigenvalue weighted by molar-refractivity contribution is 0.0842. The Balaban J connectivity index is 1.61. The molecule has 1 saturated carbocycles. The summed E-state index contributed by atoms with van der Waals surface area (Å²) < 4.78 is 1.87. The topological polar surface area (TPSA) is 50.3 Å². The van der Waals surface area contributed by atoms with Crippen LogP contribution in [0, 0.1) is 5.92 Å². The summed E-state index contributed by atoms with van der Waals surface area (Å²) in [5.74, 6) is 0.990. The first-order valence-corrected chi connectivity index (χ1v) is 7.84. The Morgan fingerprint density at radius 3 is 2.50 bits per heavy atom. The zero-order chi connectivity index (χ0) is 14.1. The number of nitrogens with zero attached hydrogens (tertiary/aromatic N) is 4. The number of piperazine rings is 1. The van der Waals surface area contributed by atoms with Crippen molar-refractivity contribution in [1.29, 1.82) is 0 Å². The lowest BCUT2D eigenvalue weighted by Gasteiger charge is -2.40. The highest BCUT2D eigenvalue weighted by atomic mass is 15.3. The van der Waals surface area contributed by atoms with Crippen LogP contribution in [-0.2, 0) is 7.05 Å². The van der Waals surface area contributed by atoms with Crippen LogP contribution in [-0.4, -0.2) is 58.3 Å². The Bertz CT molecular complexity index is 429. The van der Waals surface area contributed by atoms with Gasteiger partial charge in [0.1, 0.15) is 0 Å². The minimum atomic E-state index is 0.134. The van der Waals surface area contributed by atoms with Crippen molar-refractivity contribution in [2.75, 3.05) is 32.7 Å². The SMILES string of the molecule is CC(N)C(c1cnn(C)c1)N1CCN(CC2CC2)CC1. The van der Waals surface area contributed by atoms with Crippen LogP contribution in [0.4, 0.5) is 0 Å². The minimum absolute atomic E-state index is 0.134. The van der Waals surface area contributed by atoms with E-state index >= 15 is 0 Å². The van der Waals surface area contributed by atoms with Gasteiger partial charge in [0.2, 0.25) is 0 Å². The molecule has 5 heteroatoms. The molecule has 2 heterocycles. The molecule has 1 aliphatic carbocycles. The Labute approximate surface area is 121 Å². The second-order valence-corrected chi connectivity index (χ2v) is 6.53. The summed E-state index contributed by atoms with van der Waals surface area (Å²) in [6.45, 7) is 8.01. The van der Waals surface area contributed by atoms with E-state index in [0.717, 1.165) is 19.0 Å². The third-order valence-electron chi connectivity index (χ3n) is 4.58. The number of hydrogen-bond acceptors (Lipinski definition) is 4. The van der Waals surface area contributed by atoms with E-state index < -0.39 is 0 Å². The predicted molar refractivity (Wildman–Crippen MR) is 80.3 cm³/mol. The van der Waals surface area contributed by atoms with Crippen LogP contribution < -0.4 is 5.73 Å². The lowest BCUT2D eigenvalue weighted by atomic mass is 10.0. The van der Waals surface area contributed by atoms with Crippen molar-refractivity contribution in [3.63, 3.8) is 0 Å². The van der Waals surface area contributed by atoms with E-state index in [9.17, 15) is 0 Å². The van der Waals surface area contributed by atoms with Crippen LogP contribution in [0.25, 0.3) is 0 Å². The molecule has 2 aliphatic rings. The molecule has 20 heavy (non-hydrogen) atoms. The van der Waals surface area contributed by atoms with Gasteiger partial charge >= 0.3 is 0 Å². The molecule has 3 rings (SSSR count). The van der Waals surface area contributed by atoms with Gasteiger partial charge in [-0.3, -0.25) is 9.58 Å². The van der Waals surface area contributed by atoms with Crippen molar-refractivity contribution in [2.24, 2.45) is 18.7 Å². The highest BCUT2D eigenvalue weighted by Crippen LogP contribution is 2.31. The van der Waals surface area contributed by atoms with Crippen molar-refractivity contribution < 1.29 is 0 Å². The van der Waals surface area contributed by atoms with Crippen LogP contribution in [0.15, 0.2) is 12.4 Å². The second-order valence-electron chi connectivity index (χ2n) is 6.53. The summed E-state index contributed by atoms with van der Waals surface area (Å²) in [7, 11) is 1.97. The maximum Gasteiger partial charge on any atom is 0.0538 e. The molecule has 0 aromatic carbocycles. The summed E-state index contributed by atoms with van der Waals surface area (Å²) in [5.41, 5.74) is 7.49. The number of aromatic nitrogens is 2. The van der Waals surface area contributed by atoms with Gasteiger partial charge < -0.3 is 10.6 Å². The van der Waals surface area contributed by atoms with Crippen LogP contribution >= 0.6 is 0 Å². The number of aryl methyl sites for hydroxylation is 1. The summed E-state index contributed by atoms with van der Waals surface area (Å²) in [5, 5.41) is 4.30. The summed E-state index contributed by atoms with van der Waals surface area (Å²) in [4.78, 5) is 5.15. The molecule has 0 spiro atoms. The molecule has 1 saturated heterocycles. The fourth-order valence-corrected chi connectivity index (χ4v) is 3.33. The molecule has 2 unspecified atom stereocenters. The third kappa shape index (κ3) is 3.22. The first-order chi connectivity index (χ1) is 9.63. The molecular weight excluding hydrogens is 250 g/mol. The van der Waals surface area contributed by atoms with Crippen LogP contribution in [0.5, 0.6) is 0 Å². The zero-order valence-corrected chi connectivity index (χ0v) is 12.7. The lowest BCUT2D eigenvalue weighted by Crippen LogP contribution is -2.51. The number of nitrogens with two attached hydrogens (primary N) is 1. The second kappa shape index (κ2) is 5.84. The van der Waals surface area contributed by atoms with Crippen LogP contribution in [0.2, 0.25) is 0 Å². The fourth-order valence-electron chi connectivity index (χ4n) is 3.33. The Kier molecular flexibility index (Phi) is 4.10. The van der Waals surface area contributed by atoms with Crippen molar-refractivity contribution in [3.8, 4) is 0 Å². The molecule has 112 valence electrons. The van der Waals surface area contributed by atoms with E-state index in [-0.39, 0.29) is 6.04 Å². The van der Waals surface area contributed by atoms with Gasteiger partial charge in [0.25, 0.3) is 0 Å². The predicted octanol–water partition coefficient (Wildman–Crippen LogP) is 0.836. The van der Waals surface area contributed by atoms with E-state index in [1.54, 1.807) is 0 Å². The molecule has 1 aromatic heterocycles. The van der Waals surface area contributed by atoms with Crippen molar-refractivity contribution in [1.82, 2.24) is 19.6 Å². The number of hydrogen-bond donors (Lipinski definition) is 1. The van der Waals surface area contributed by atoms with Crippen molar-refractivity contribution in [2.45, 2.75) is 31.8 Å². The van der Waals surface area contributed by atoms with E-state index in [2.05, 4.69) is 28.0 Å². The quantitative estimate of drug-likeness (QED) is 0.866. The monoisotopic (exact) mass is 277 g/mol. The molecule has 0 bridgehead atoms. The largest absolute Gasteiger partial charge is 0.326 e. The Morgan fingerprint density at radius 1 is 1.30 bits per heavy atom. The maximum absolute atomic E-state index is 6.24. The van der Waals surface area contributed by atoms with Gasteiger partial charge in [0.05, 0.1) is 12.2 Å². The molecule has 1 aliphatic heterocycles. The average molecular weight is 277 g/mol. The van der Waals surface area contributed by atoms with Gasteiger partial charge in [0.15, 0.2) is 0 Å². The van der Waals surface area contributed by atoms with Gasteiger partial charge in [-0.05, 0) is 25.7 Å². The summed E-state index contributed by atoms with van der Waals surface area (Å²) >= 11 is 0. The van der Waals surface area contributed by atoms with E-state index in [4.69, 9.17) is 5.73 Å². The zero-order valence-electron chi connectivity index (χ0n) is 12.7. The maximum atomic E-state index is 6.24. The van der Waals surface area contributed by atoms with Gasteiger partial charge in [-0.15, -0.1) is 0 Å². The van der Waals surface area contributed by atoms with Crippen LogP contribution in [0.3, 0.4) is 0 Å². The Morgan fingerprint density at radius 2 is 2.00 bits per heavy atom. The number of rotatable bonds is 5. The van der Waals surface area contributed by atoms with Gasteiger partial charge in [-0.2, -0.15) is 5.10 Å². The molecule has 0 amide bonds. The normalized spacial score (nSPS) is 24.8. The molecule has 2 atom stereocenters. The third-order valence-corrected chi connectivity index (χ3v) is 4.58. The summed E-state index contributed by atoms with van der Waals surface area (Å²) in [6.07, 6.45) is 6.95. The molecule has 0 radical (unpaired) electrons. The standard InChI is InChI=1S/C15H27N5/c1-12(16)15(14-9-17-18(2)11-14)20-7-5-19(6-8-20)10-13-3-4-13/h9,11-13,15H,3-8,10,16H2,1-2H3. The molecule has 2 N–H and O–H groups in total. The van der Waals surface area contributed by atoms with Gasteiger partial charge in [-0.25, -0.2) is 0 Å². The molecular formula is C15H27N5. The average Bonchev–Trinajstić information content (AvgIpc) is 3.13. The van der Waals surface area contributed by atoms with Gasteiger partial charge in [-0.1, -0.05) is 0 Å². The highest BCUT2D eigenvalue weighted by molar-refractivity contribution is 5.13. The van der Waals surface area contributed by atoms with E-state index in [0.29, 0.717) is 6.04 Å². The van der Waals surface area contributed by atoms with Crippen molar-refractivity contribution in [3.05, 3.63) is 18.0 Å². The smallest absolute Gasteiger partial charge is 0.0538 e. The molecule has 2 fully saturated rings. The highest BCUT2D eigenvalue weighted by Gasteiger charge is 2.30. The van der Waals surface area contributed by atoms with E-state index in [1.165, 1.54) is 38.0 Å². The fraction of sp³-hybridized carbons (Fsp3) is 0.800. The first kappa shape index (κ1) is 14.0. The minimum Gasteiger partial charge on any atom is -0.326 e. The van der Waals surface area contributed by atoms with Crippen molar-refractivity contribution >= 4 is 0 Å². The molecule has 5 nitrogen and oxygen atoms in total. The van der Waals surface area contributed by atoms with Gasteiger partial charge in [0, 0.05) is 57.6 Å². The van der Waals surface area contributed by atoms with Crippen LogP contribution in [0.1, 0.15) is 31.4 Å². The Hall–Kier alpha value is -0.910. The van der Waals surface area contributed by atoms with E-state index in [1.807, 2.05) is 17.9 Å². The molecule has 1 aromatic rings. The summed E-state index contributed by atoms with van der Waals surface area (Å²) in [6, 6.07) is 0.431.